The molecule has 170 valence electrons. The van der Waals surface area contributed by atoms with Gasteiger partial charge in [0.15, 0.2) is 5.13 Å². The summed E-state index contributed by atoms with van der Waals surface area (Å²) in [6.07, 6.45) is -4.45. The van der Waals surface area contributed by atoms with Crippen molar-refractivity contribution in [2.45, 2.75) is 19.6 Å². The van der Waals surface area contributed by atoms with E-state index in [0.717, 1.165) is 17.7 Å². The van der Waals surface area contributed by atoms with Crippen molar-refractivity contribution in [2.75, 3.05) is 5.32 Å². The molecule has 10 heteroatoms. The van der Waals surface area contributed by atoms with Crippen LogP contribution < -0.4 is 11.1 Å². The molecule has 0 fully saturated rings. The summed E-state index contributed by atoms with van der Waals surface area (Å²) >= 11 is 1.21. The predicted octanol–water partition coefficient (Wildman–Crippen LogP) is 5.97. The van der Waals surface area contributed by atoms with Crippen molar-refractivity contribution < 1.29 is 22.4 Å². The molecule has 0 saturated heterocycles. The van der Waals surface area contributed by atoms with E-state index in [9.17, 15) is 22.4 Å². The highest BCUT2D eigenvalue weighted by molar-refractivity contribution is 7.14. The molecule has 0 spiro atoms. The fourth-order valence-electron chi connectivity index (χ4n) is 3.43. The van der Waals surface area contributed by atoms with Crippen molar-refractivity contribution in [3.8, 4) is 11.4 Å². The highest BCUT2D eigenvalue weighted by atomic mass is 32.1. The van der Waals surface area contributed by atoms with E-state index in [1.165, 1.54) is 35.6 Å². The lowest BCUT2D eigenvalue weighted by atomic mass is 10.2. The van der Waals surface area contributed by atoms with E-state index in [1.54, 1.807) is 30.5 Å². The number of alkyl halides is 3. The van der Waals surface area contributed by atoms with Crippen molar-refractivity contribution in [3.05, 3.63) is 88.2 Å². The molecule has 2 aromatic heterocycles. The highest BCUT2D eigenvalue weighted by Crippen LogP contribution is 2.33. The van der Waals surface area contributed by atoms with E-state index in [0.29, 0.717) is 34.3 Å². The van der Waals surface area contributed by atoms with E-state index < -0.39 is 17.6 Å². The molecule has 2 heterocycles. The largest absolute Gasteiger partial charge is 0.416 e. The summed E-state index contributed by atoms with van der Waals surface area (Å²) in [6, 6.07) is 12.5. The zero-order valence-corrected chi connectivity index (χ0v) is 18.1. The van der Waals surface area contributed by atoms with Crippen molar-refractivity contribution >= 4 is 28.1 Å². The monoisotopic (exact) mass is 474 g/mol. The molecule has 4 rings (SSSR count). The van der Waals surface area contributed by atoms with Crippen LogP contribution in [0.25, 0.3) is 11.4 Å². The quantitative estimate of drug-likeness (QED) is 0.338. The Labute approximate surface area is 190 Å². The molecular formula is C23H18F4N4OS. The second-order valence-corrected chi connectivity index (χ2v) is 8.21. The number of benzene rings is 2. The Bertz CT molecular complexity index is 1310. The van der Waals surface area contributed by atoms with Crippen LogP contribution in [-0.2, 0) is 12.7 Å². The van der Waals surface area contributed by atoms with Gasteiger partial charge in [0, 0.05) is 23.3 Å². The van der Waals surface area contributed by atoms with Gasteiger partial charge >= 0.3 is 6.18 Å². The molecule has 3 N–H and O–H groups in total. The van der Waals surface area contributed by atoms with Gasteiger partial charge in [0.2, 0.25) is 0 Å². The lowest BCUT2D eigenvalue weighted by molar-refractivity contribution is -0.137. The number of nitrogens with zero attached hydrogens (tertiary/aromatic N) is 2. The Kier molecular flexibility index (Phi) is 5.94. The molecule has 0 atom stereocenters. The number of primary amides is 1. The Morgan fingerprint density at radius 3 is 2.55 bits per heavy atom. The Hall–Kier alpha value is -3.66. The summed E-state index contributed by atoms with van der Waals surface area (Å²) in [5.74, 6) is -0.949. The maximum atomic E-state index is 13.3. The lowest BCUT2D eigenvalue weighted by Gasteiger charge is -2.11. The summed E-state index contributed by atoms with van der Waals surface area (Å²) < 4.78 is 54.1. The third-order valence-corrected chi connectivity index (χ3v) is 5.85. The summed E-state index contributed by atoms with van der Waals surface area (Å²) in [4.78, 5) is 16.4. The zero-order valence-electron chi connectivity index (χ0n) is 17.3. The average molecular weight is 474 g/mol. The van der Waals surface area contributed by atoms with Gasteiger partial charge in [-0.3, -0.25) is 4.79 Å². The predicted molar refractivity (Wildman–Crippen MR) is 119 cm³/mol. The van der Waals surface area contributed by atoms with Gasteiger partial charge in [0.25, 0.3) is 5.91 Å². The zero-order chi connectivity index (χ0) is 23.8. The fourth-order valence-corrected chi connectivity index (χ4v) is 4.15. The number of aromatic nitrogens is 2. The molecule has 0 radical (unpaired) electrons. The Morgan fingerprint density at radius 2 is 1.88 bits per heavy atom. The third kappa shape index (κ3) is 4.90. The smallest absolute Gasteiger partial charge is 0.366 e. The molecule has 0 aliphatic rings. The summed E-state index contributed by atoms with van der Waals surface area (Å²) in [5.41, 5.74) is 7.90. The van der Waals surface area contributed by atoms with Crippen LogP contribution in [0.5, 0.6) is 0 Å². The van der Waals surface area contributed by atoms with E-state index >= 15 is 0 Å². The molecule has 0 bridgehead atoms. The van der Waals surface area contributed by atoms with Gasteiger partial charge in [-0.25, -0.2) is 9.37 Å². The van der Waals surface area contributed by atoms with E-state index in [1.807, 2.05) is 4.57 Å². The van der Waals surface area contributed by atoms with Crippen LogP contribution >= 0.6 is 11.3 Å². The Balaban J connectivity index is 1.66. The number of hydrogen-bond donors (Lipinski definition) is 2. The van der Waals surface area contributed by atoms with Crippen LogP contribution in [0, 0.1) is 12.7 Å². The number of hydrogen-bond acceptors (Lipinski definition) is 4. The van der Waals surface area contributed by atoms with Crippen molar-refractivity contribution in [3.63, 3.8) is 0 Å². The van der Waals surface area contributed by atoms with Crippen LogP contribution in [0.1, 0.15) is 27.2 Å². The molecule has 2 aromatic carbocycles. The maximum Gasteiger partial charge on any atom is 0.416 e. The number of carbonyl (C=O) groups is 1. The normalized spacial score (nSPS) is 11.5. The topological polar surface area (TPSA) is 72.9 Å². The van der Waals surface area contributed by atoms with Crippen LogP contribution in [-0.4, -0.2) is 15.5 Å². The van der Waals surface area contributed by atoms with Crippen LogP contribution in [0.2, 0.25) is 0 Å². The molecular weight excluding hydrogens is 456 g/mol. The minimum atomic E-state index is -4.45. The van der Waals surface area contributed by atoms with Crippen LogP contribution in [0.3, 0.4) is 0 Å². The number of nitrogens with one attached hydrogen (secondary N) is 1. The minimum absolute atomic E-state index is 0.251. The van der Waals surface area contributed by atoms with Gasteiger partial charge in [-0.15, -0.1) is 11.3 Å². The van der Waals surface area contributed by atoms with E-state index in [-0.39, 0.29) is 11.5 Å². The number of carbonyl (C=O) groups excluding carboxylic acids is 1. The summed E-state index contributed by atoms with van der Waals surface area (Å²) in [6.45, 7) is 2.10. The summed E-state index contributed by atoms with van der Waals surface area (Å²) in [5, 5.41) is 5.01. The van der Waals surface area contributed by atoms with Crippen LogP contribution in [0.15, 0.2) is 60.0 Å². The number of halogens is 4. The first-order chi connectivity index (χ1) is 15.6. The van der Waals surface area contributed by atoms with Gasteiger partial charge in [-0.1, -0.05) is 18.2 Å². The molecule has 0 saturated carbocycles. The van der Waals surface area contributed by atoms with Crippen molar-refractivity contribution in [1.29, 1.82) is 0 Å². The maximum absolute atomic E-state index is 13.3. The number of nitrogens with two attached hydrogens (primary N) is 1. The van der Waals surface area contributed by atoms with Gasteiger partial charge in [0.1, 0.15) is 5.82 Å². The van der Waals surface area contributed by atoms with E-state index in [4.69, 9.17) is 5.73 Å². The van der Waals surface area contributed by atoms with E-state index in [2.05, 4.69) is 10.3 Å². The average Bonchev–Trinajstić information content (AvgIpc) is 3.34. The van der Waals surface area contributed by atoms with Gasteiger partial charge < -0.3 is 15.6 Å². The highest BCUT2D eigenvalue weighted by Gasteiger charge is 2.30. The minimum Gasteiger partial charge on any atom is -0.366 e. The number of rotatable bonds is 6. The molecule has 5 nitrogen and oxygen atoms in total. The lowest BCUT2D eigenvalue weighted by Crippen LogP contribution is -2.12. The van der Waals surface area contributed by atoms with Crippen molar-refractivity contribution in [1.82, 2.24) is 9.55 Å². The van der Waals surface area contributed by atoms with Crippen LogP contribution in [0.4, 0.5) is 28.4 Å². The second kappa shape index (κ2) is 8.70. The first-order valence-electron chi connectivity index (χ1n) is 9.76. The Morgan fingerprint density at radius 1 is 1.15 bits per heavy atom. The van der Waals surface area contributed by atoms with Gasteiger partial charge in [0.05, 0.1) is 22.5 Å². The number of anilines is 2. The fraction of sp³-hybridized carbons (Fsp3) is 0.130. The van der Waals surface area contributed by atoms with Crippen molar-refractivity contribution in [2.24, 2.45) is 5.73 Å². The molecule has 0 aliphatic heterocycles. The number of amides is 1. The molecule has 1 amide bonds. The molecule has 4 aromatic rings. The second-order valence-electron chi connectivity index (χ2n) is 7.35. The molecule has 0 aliphatic carbocycles. The number of thiazole rings is 1. The van der Waals surface area contributed by atoms with Gasteiger partial charge in [-0.05, 0) is 48.9 Å². The first kappa shape index (κ1) is 22.5. The molecule has 0 unspecified atom stereocenters. The third-order valence-electron chi connectivity index (χ3n) is 5.09. The SMILES string of the molecule is Cc1c(C(N)=O)cc(-c2csc(Nc3cccc(C(F)(F)F)c3)n2)n1Cc1ccc(F)cc1. The summed E-state index contributed by atoms with van der Waals surface area (Å²) in [7, 11) is 0. The standard InChI is InChI=1S/C23H18F4N4OS/c1-13-18(21(28)32)10-20(31(13)11-14-5-7-16(24)8-6-14)19-12-33-22(30-19)29-17-4-2-3-15(9-17)23(25,26)27/h2-10,12H,11H2,1H3,(H2,28,32)(H,29,30). The molecule has 33 heavy (non-hydrogen) atoms. The van der Waals surface area contributed by atoms with Gasteiger partial charge in [-0.2, -0.15) is 13.2 Å². The first-order valence-corrected chi connectivity index (χ1v) is 10.6.